The molecule has 0 atom stereocenters. The maximum absolute atomic E-state index is 12.1. The number of rotatable bonds is 9. The van der Waals surface area contributed by atoms with Crippen LogP contribution in [0, 0.1) is 10.1 Å². The Balaban J connectivity index is 1.72. The largest absolute Gasteiger partial charge is 0.494 e. The van der Waals surface area contributed by atoms with Crippen molar-refractivity contribution in [1.82, 2.24) is 4.72 Å². The highest BCUT2D eigenvalue weighted by molar-refractivity contribution is 7.89. The van der Waals surface area contributed by atoms with E-state index in [-0.39, 0.29) is 17.1 Å². The van der Waals surface area contributed by atoms with Gasteiger partial charge in [-0.1, -0.05) is 11.6 Å². The van der Waals surface area contributed by atoms with E-state index in [0.717, 1.165) is 12.1 Å². The van der Waals surface area contributed by atoms with Gasteiger partial charge in [-0.3, -0.25) is 10.1 Å². The second-order valence-corrected chi connectivity index (χ2v) is 7.36. The fourth-order valence-corrected chi connectivity index (χ4v) is 3.18. The molecule has 0 saturated carbocycles. The molecule has 0 heterocycles. The third-order valence-electron chi connectivity index (χ3n) is 3.30. The highest BCUT2D eigenvalue weighted by Gasteiger charge is 2.15. The predicted molar refractivity (Wildman–Crippen MR) is 94.5 cm³/mol. The Labute approximate surface area is 150 Å². The van der Waals surface area contributed by atoms with E-state index in [0.29, 0.717) is 30.2 Å². The smallest absolute Gasteiger partial charge is 0.269 e. The highest BCUT2D eigenvalue weighted by atomic mass is 35.5. The van der Waals surface area contributed by atoms with Crippen LogP contribution in [0.3, 0.4) is 0 Å². The molecule has 0 bridgehead atoms. The van der Waals surface area contributed by atoms with E-state index in [1.165, 1.54) is 12.1 Å². The minimum absolute atomic E-state index is 0.00415. The number of nitrogens with one attached hydrogen (secondary N) is 1. The van der Waals surface area contributed by atoms with Crippen molar-refractivity contribution in [3.63, 3.8) is 0 Å². The van der Waals surface area contributed by atoms with Gasteiger partial charge in [0, 0.05) is 23.7 Å². The first-order chi connectivity index (χ1) is 11.9. The number of nitrogens with zero attached hydrogens (tertiary/aromatic N) is 1. The summed E-state index contributed by atoms with van der Waals surface area (Å²) in [7, 11) is -3.67. The summed E-state index contributed by atoms with van der Waals surface area (Å²) in [6.45, 7) is 0.712. The van der Waals surface area contributed by atoms with E-state index in [2.05, 4.69) is 4.72 Å². The van der Waals surface area contributed by atoms with Crippen molar-refractivity contribution in [2.45, 2.75) is 17.7 Å². The Morgan fingerprint density at radius 2 is 1.68 bits per heavy atom. The molecule has 2 rings (SSSR count). The maximum atomic E-state index is 12.1. The van der Waals surface area contributed by atoms with Gasteiger partial charge in [-0.2, -0.15) is 0 Å². The number of unbranched alkanes of at least 4 members (excludes halogenated alkanes) is 1. The summed E-state index contributed by atoms with van der Waals surface area (Å²) in [6.07, 6.45) is 1.27. The van der Waals surface area contributed by atoms with Crippen LogP contribution in [0.15, 0.2) is 53.4 Å². The van der Waals surface area contributed by atoms with Gasteiger partial charge in [-0.05, 0) is 49.2 Å². The lowest BCUT2D eigenvalue weighted by Gasteiger charge is -2.08. The zero-order valence-corrected chi connectivity index (χ0v) is 14.8. The molecule has 1 N–H and O–H groups in total. The first kappa shape index (κ1) is 19.2. The summed E-state index contributed by atoms with van der Waals surface area (Å²) in [5.41, 5.74) is -0.154. The van der Waals surface area contributed by atoms with Crippen molar-refractivity contribution in [2.75, 3.05) is 13.2 Å². The number of sulfonamides is 1. The number of benzene rings is 2. The Hall–Kier alpha value is -2.16. The topological polar surface area (TPSA) is 98.5 Å². The summed E-state index contributed by atoms with van der Waals surface area (Å²) in [5.74, 6) is 0.705. The van der Waals surface area contributed by atoms with Crippen LogP contribution in [-0.4, -0.2) is 26.5 Å². The van der Waals surface area contributed by atoms with E-state index in [9.17, 15) is 18.5 Å². The van der Waals surface area contributed by atoms with Gasteiger partial charge in [0.25, 0.3) is 5.69 Å². The Kier molecular flexibility index (Phi) is 6.74. The number of nitro benzene ring substituents is 1. The molecule has 0 aromatic heterocycles. The molecule has 7 nitrogen and oxygen atoms in total. The minimum atomic E-state index is -3.67. The third kappa shape index (κ3) is 6.00. The van der Waals surface area contributed by atoms with Gasteiger partial charge in [0.1, 0.15) is 5.75 Å². The average Bonchev–Trinajstić information content (AvgIpc) is 2.59. The minimum Gasteiger partial charge on any atom is -0.494 e. The van der Waals surface area contributed by atoms with Gasteiger partial charge in [0.15, 0.2) is 0 Å². The van der Waals surface area contributed by atoms with Crippen molar-refractivity contribution < 1.29 is 18.1 Å². The summed E-state index contributed by atoms with van der Waals surface area (Å²) in [5, 5.41) is 11.2. The van der Waals surface area contributed by atoms with E-state index < -0.39 is 14.9 Å². The molecule has 0 saturated heterocycles. The van der Waals surface area contributed by atoms with Crippen molar-refractivity contribution in [2.24, 2.45) is 0 Å². The molecule has 0 fully saturated rings. The van der Waals surface area contributed by atoms with Gasteiger partial charge in [0.2, 0.25) is 10.0 Å². The average molecular weight is 385 g/mol. The number of halogens is 1. The summed E-state index contributed by atoms with van der Waals surface area (Å²) < 4.78 is 32.1. The second-order valence-electron chi connectivity index (χ2n) is 5.16. The molecule has 0 amide bonds. The molecular formula is C16H17ClN2O5S. The zero-order chi connectivity index (χ0) is 18.3. The molecule has 2 aromatic carbocycles. The second kappa shape index (κ2) is 8.80. The molecule has 2 aromatic rings. The van der Waals surface area contributed by atoms with E-state index in [1.807, 2.05) is 0 Å². The highest BCUT2D eigenvalue weighted by Crippen LogP contribution is 2.16. The molecule has 9 heteroatoms. The van der Waals surface area contributed by atoms with Gasteiger partial charge < -0.3 is 4.74 Å². The fourth-order valence-electron chi connectivity index (χ4n) is 1.98. The number of non-ortho nitro benzene ring substituents is 1. The molecular weight excluding hydrogens is 368 g/mol. The number of hydrogen-bond acceptors (Lipinski definition) is 5. The molecule has 0 aliphatic heterocycles. The predicted octanol–water partition coefficient (Wildman–Crippen LogP) is 3.39. The van der Waals surface area contributed by atoms with Gasteiger partial charge in [-0.15, -0.1) is 0 Å². The Bertz CT molecular complexity index is 807. The van der Waals surface area contributed by atoms with Gasteiger partial charge in [-0.25, -0.2) is 13.1 Å². The van der Waals surface area contributed by atoms with Crippen LogP contribution in [0.1, 0.15) is 12.8 Å². The van der Waals surface area contributed by atoms with Crippen molar-refractivity contribution in [1.29, 1.82) is 0 Å². The molecule has 0 aliphatic rings. The lowest BCUT2D eigenvalue weighted by Crippen LogP contribution is -2.25. The van der Waals surface area contributed by atoms with Crippen LogP contribution in [0.2, 0.25) is 5.02 Å². The summed E-state index contributed by atoms with van der Waals surface area (Å²) in [6, 6.07) is 11.7. The quantitative estimate of drug-likeness (QED) is 0.406. The van der Waals surface area contributed by atoms with E-state index >= 15 is 0 Å². The van der Waals surface area contributed by atoms with Gasteiger partial charge >= 0.3 is 0 Å². The summed E-state index contributed by atoms with van der Waals surface area (Å²) >= 11 is 5.78. The first-order valence-corrected chi connectivity index (χ1v) is 9.37. The van der Waals surface area contributed by atoms with Crippen molar-refractivity contribution in [3.8, 4) is 5.75 Å². The van der Waals surface area contributed by atoms with Crippen LogP contribution in [0.4, 0.5) is 5.69 Å². The van der Waals surface area contributed by atoms with Crippen LogP contribution in [0.5, 0.6) is 5.75 Å². The SMILES string of the molecule is O=[N+]([O-])c1ccc(S(=O)(=O)NCCCCOc2ccc(Cl)cc2)cc1. The van der Waals surface area contributed by atoms with Crippen molar-refractivity contribution in [3.05, 3.63) is 63.7 Å². The molecule has 134 valence electrons. The monoisotopic (exact) mass is 384 g/mol. The molecule has 0 spiro atoms. The number of ether oxygens (including phenoxy) is 1. The standard InChI is InChI=1S/C16H17ClN2O5S/c17-13-3-7-15(8-4-13)24-12-2-1-11-18-25(22,23)16-9-5-14(6-10-16)19(20)21/h3-10,18H,1-2,11-12H2. The normalized spacial score (nSPS) is 11.2. The van der Waals surface area contributed by atoms with Crippen molar-refractivity contribution >= 4 is 27.3 Å². The fraction of sp³-hybridized carbons (Fsp3) is 0.250. The molecule has 0 unspecified atom stereocenters. The first-order valence-electron chi connectivity index (χ1n) is 7.51. The van der Waals surface area contributed by atoms with Crippen LogP contribution in [0.25, 0.3) is 0 Å². The third-order valence-corrected chi connectivity index (χ3v) is 5.03. The number of nitro groups is 1. The van der Waals surface area contributed by atoms with Crippen LogP contribution < -0.4 is 9.46 Å². The van der Waals surface area contributed by atoms with Gasteiger partial charge in [0.05, 0.1) is 16.4 Å². The number of hydrogen-bond donors (Lipinski definition) is 1. The van der Waals surface area contributed by atoms with E-state index in [4.69, 9.17) is 16.3 Å². The molecule has 0 aliphatic carbocycles. The zero-order valence-electron chi connectivity index (χ0n) is 13.2. The Morgan fingerprint density at radius 3 is 2.28 bits per heavy atom. The lowest BCUT2D eigenvalue weighted by molar-refractivity contribution is -0.384. The molecule has 25 heavy (non-hydrogen) atoms. The van der Waals surface area contributed by atoms with Crippen LogP contribution in [-0.2, 0) is 10.0 Å². The Morgan fingerprint density at radius 1 is 1.04 bits per heavy atom. The lowest BCUT2D eigenvalue weighted by atomic mass is 10.3. The van der Waals surface area contributed by atoms with Crippen LogP contribution >= 0.6 is 11.6 Å². The maximum Gasteiger partial charge on any atom is 0.269 e. The molecule has 0 radical (unpaired) electrons. The summed E-state index contributed by atoms with van der Waals surface area (Å²) in [4.78, 5) is 9.99. The van der Waals surface area contributed by atoms with E-state index in [1.54, 1.807) is 24.3 Å².